The third-order valence-electron chi connectivity index (χ3n) is 5.83. The molecule has 0 bridgehead atoms. The quantitative estimate of drug-likeness (QED) is 0.415. The van der Waals surface area contributed by atoms with Crippen molar-refractivity contribution in [1.82, 2.24) is 19.3 Å². The van der Waals surface area contributed by atoms with E-state index in [4.69, 9.17) is 15.1 Å². The number of benzene rings is 1. The van der Waals surface area contributed by atoms with Crippen molar-refractivity contribution in [3.63, 3.8) is 0 Å². The Hall–Kier alpha value is -3.94. The second kappa shape index (κ2) is 9.51. The van der Waals surface area contributed by atoms with Crippen molar-refractivity contribution in [3.8, 4) is 5.75 Å². The molecular formula is C26H29N5O3. The van der Waals surface area contributed by atoms with E-state index in [2.05, 4.69) is 5.32 Å². The summed E-state index contributed by atoms with van der Waals surface area (Å²) in [6.45, 7) is 6.77. The van der Waals surface area contributed by atoms with Crippen LogP contribution < -0.4 is 21.1 Å². The Labute approximate surface area is 197 Å². The Kier molecular flexibility index (Phi) is 6.49. The van der Waals surface area contributed by atoms with Crippen LogP contribution in [-0.4, -0.2) is 33.5 Å². The SMILES string of the molecule is COc1ccc(CCn2c(=N)c(C(=O)NCC(C)C)cc3c(=O)n4cccc(C)c4nc32)cc1. The van der Waals surface area contributed by atoms with Gasteiger partial charge in [0.05, 0.1) is 18.1 Å². The van der Waals surface area contributed by atoms with E-state index in [1.165, 1.54) is 10.5 Å². The monoisotopic (exact) mass is 459 g/mol. The highest BCUT2D eigenvalue weighted by atomic mass is 16.5. The number of carbonyl (C=O) groups excluding carboxylic acids is 1. The lowest BCUT2D eigenvalue weighted by Crippen LogP contribution is -2.36. The van der Waals surface area contributed by atoms with Crippen molar-refractivity contribution in [2.45, 2.75) is 33.7 Å². The lowest BCUT2D eigenvalue weighted by molar-refractivity contribution is 0.0946. The number of fused-ring (bicyclic) bond motifs is 2. The second-order valence-electron chi connectivity index (χ2n) is 8.80. The van der Waals surface area contributed by atoms with Crippen molar-refractivity contribution in [2.24, 2.45) is 5.92 Å². The summed E-state index contributed by atoms with van der Waals surface area (Å²) in [7, 11) is 1.62. The van der Waals surface area contributed by atoms with Crippen molar-refractivity contribution in [2.75, 3.05) is 13.7 Å². The Morgan fingerprint density at radius 1 is 1.18 bits per heavy atom. The minimum atomic E-state index is -0.368. The number of methoxy groups -OCH3 is 1. The average Bonchev–Trinajstić information content (AvgIpc) is 2.83. The third-order valence-corrected chi connectivity index (χ3v) is 5.83. The zero-order chi connectivity index (χ0) is 24.4. The van der Waals surface area contributed by atoms with Crippen LogP contribution >= 0.6 is 0 Å². The number of nitrogens with one attached hydrogen (secondary N) is 2. The van der Waals surface area contributed by atoms with E-state index in [-0.39, 0.29) is 28.4 Å². The smallest absolute Gasteiger partial charge is 0.267 e. The fraction of sp³-hybridized carbons (Fsp3) is 0.308. The normalized spacial score (nSPS) is 11.3. The summed E-state index contributed by atoms with van der Waals surface area (Å²) in [6, 6.07) is 12.9. The van der Waals surface area contributed by atoms with Crippen molar-refractivity contribution in [3.05, 3.63) is 81.2 Å². The van der Waals surface area contributed by atoms with Crippen LogP contribution in [0.5, 0.6) is 5.75 Å². The molecule has 0 aliphatic carbocycles. The molecule has 2 N–H and O–H groups in total. The Morgan fingerprint density at radius 2 is 1.91 bits per heavy atom. The van der Waals surface area contributed by atoms with Gasteiger partial charge in [-0.15, -0.1) is 0 Å². The number of aromatic nitrogens is 3. The molecule has 0 radical (unpaired) electrons. The number of ether oxygens (including phenoxy) is 1. The van der Waals surface area contributed by atoms with Gasteiger partial charge in [0, 0.05) is 19.3 Å². The van der Waals surface area contributed by atoms with Crippen molar-refractivity contribution >= 4 is 22.6 Å². The number of pyridine rings is 2. The van der Waals surface area contributed by atoms with Crippen LogP contribution in [0.4, 0.5) is 0 Å². The van der Waals surface area contributed by atoms with Gasteiger partial charge in [0.2, 0.25) is 0 Å². The number of carbonyl (C=O) groups is 1. The fourth-order valence-electron chi connectivity index (χ4n) is 3.91. The van der Waals surface area contributed by atoms with Gasteiger partial charge in [-0.25, -0.2) is 4.98 Å². The van der Waals surface area contributed by atoms with E-state index in [1.807, 2.05) is 51.1 Å². The highest BCUT2D eigenvalue weighted by Crippen LogP contribution is 2.15. The Balaban J connectivity index is 1.88. The Morgan fingerprint density at radius 3 is 2.59 bits per heavy atom. The van der Waals surface area contributed by atoms with Gasteiger partial charge in [0.1, 0.15) is 22.5 Å². The predicted octanol–water partition coefficient (Wildman–Crippen LogP) is 3.07. The van der Waals surface area contributed by atoms with E-state index < -0.39 is 0 Å². The first kappa shape index (κ1) is 23.2. The summed E-state index contributed by atoms with van der Waals surface area (Å²) in [5.41, 5.74) is 2.77. The molecule has 0 saturated heterocycles. The van der Waals surface area contributed by atoms with E-state index in [9.17, 15) is 9.59 Å². The van der Waals surface area contributed by atoms with Crippen LogP contribution in [0.3, 0.4) is 0 Å². The van der Waals surface area contributed by atoms with Gasteiger partial charge in [0.25, 0.3) is 11.5 Å². The fourth-order valence-corrected chi connectivity index (χ4v) is 3.91. The molecule has 8 nitrogen and oxygen atoms in total. The lowest BCUT2D eigenvalue weighted by atomic mass is 10.1. The Bertz CT molecular complexity index is 1480. The van der Waals surface area contributed by atoms with Crippen LogP contribution in [0, 0.1) is 18.3 Å². The van der Waals surface area contributed by atoms with Crippen molar-refractivity contribution in [1.29, 1.82) is 5.41 Å². The summed E-state index contributed by atoms with van der Waals surface area (Å²) in [5, 5.41) is 12.0. The molecule has 1 amide bonds. The summed E-state index contributed by atoms with van der Waals surface area (Å²) >= 11 is 0. The minimum Gasteiger partial charge on any atom is -0.497 e. The molecule has 0 unspecified atom stereocenters. The molecule has 0 spiro atoms. The maximum atomic E-state index is 13.4. The zero-order valence-corrected chi connectivity index (χ0v) is 19.9. The first-order valence-electron chi connectivity index (χ1n) is 11.3. The first-order valence-corrected chi connectivity index (χ1v) is 11.3. The van der Waals surface area contributed by atoms with Gasteiger partial charge in [-0.2, -0.15) is 0 Å². The van der Waals surface area contributed by atoms with E-state index in [0.717, 1.165) is 16.9 Å². The molecule has 4 aromatic rings. The maximum absolute atomic E-state index is 13.4. The zero-order valence-electron chi connectivity index (χ0n) is 19.9. The number of hydrogen-bond donors (Lipinski definition) is 2. The second-order valence-corrected chi connectivity index (χ2v) is 8.80. The summed E-state index contributed by atoms with van der Waals surface area (Å²) < 4.78 is 8.38. The van der Waals surface area contributed by atoms with Gasteiger partial charge >= 0.3 is 0 Å². The van der Waals surface area contributed by atoms with Crippen LogP contribution in [0.25, 0.3) is 16.7 Å². The van der Waals surface area contributed by atoms with Crippen LogP contribution in [0.2, 0.25) is 0 Å². The van der Waals surface area contributed by atoms with Gasteiger partial charge in [-0.3, -0.25) is 19.4 Å². The number of aryl methyl sites for hydroxylation is 3. The van der Waals surface area contributed by atoms with Crippen LogP contribution in [0.15, 0.2) is 53.5 Å². The summed E-state index contributed by atoms with van der Waals surface area (Å²) in [5.74, 6) is 0.663. The first-order chi connectivity index (χ1) is 16.3. The van der Waals surface area contributed by atoms with Gasteiger partial charge in [0.15, 0.2) is 0 Å². The molecule has 34 heavy (non-hydrogen) atoms. The third kappa shape index (κ3) is 4.44. The number of nitrogens with zero attached hydrogens (tertiary/aromatic N) is 3. The molecular weight excluding hydrogens is 430 g/mol. The molecule has 0 atom stereocenters. The predicted molar refractivity (Wildman–Crippen MR) is 131 cm³/mol. The molecule has 0 saturated carbocycles. The van der Waals surface area contributed by atoms with Gasteiger partial charge < -0.3 is 14.6 Å². The molecule has 0 aliphatic heterocycles. The summed E-state index contributed by atoms with van der Waals surface area (Å²) in [4.78, 5) is 31.1. The largest absolute Gasteiger partial charge is 0.497 e. The van der Waals surface area contributed by atoms with Crippen LogP contribution in [0.1, 0.15) is 35.3 Å². The molecule has 176 valence electrons. The molecule has 1 aromatic carbocycles. The molecule has 4 rings (SSSR count). The standard InChI is InChI=1S/C26H29N5O3/c1-16(2)15-28-25(32)20-14-21-24(29-23-17(3)6-5-12-31(23)26(21)33)30(22(20)27)13-11-18-7-9-19(34-4)10-8-18/h5-10,12,14,16,27H,11,13,15H2,1-4H3,(H,28,32). The van der Waals surface area contributed by atoms with Gasteiger partial charge in [-0.05, 0) is 54.7 Å². The molecule has 8 heteroatoms. The maximum Gasteiger partial charge on any atom is 0.267 e. The molecule has 0 aliphatic rings. The minimum absolute atomic E-state index is 0.0344. The van der Waals surface area contributed by atoms with E-state index in [0.29, 0.717) is 36.2 Å². The van der Waals surface area contributed by atoms with Gasteiger partial charge in [-0.1, -0.05) is 32.0 Å². The van der Waals surface area contributed by atoms with Crippen molar-refractivity contribution < 1.29 is 9.53 Å². The number of hydrogen-bond acceptors (Lipinski definition) is 5. The molecule has 3 heterocycles. The molecule has 0 fully saturated rings. The average molecular weight is 460 g/mol. The topological polar surface area (TPSA) is 101 Å². The van der Waals surface area contributed by atoms with E-state index >= 15 is 0 Å². The number of amides is 1. The number of rotatable bonds is 7. The highest BCUT2D eigenvalue weighted by molar-refractivity contribution is 5.96. The van der Waals surface area contributed by atoms with Crippen LogP contribution in [-0.2, 0) is 13.0 Å². The highest BCUT2D eigenvalue weighted by Gasteiger charge is 2.18. The lowest BCUT2D eigenvalue weighted by Gasteiger charge is -2.16. The summed E-state index contributed by atoms with van der Waals surface area (Å²) in [6.07, 6.45) is 2.27. The van der Waals surface area contributed by atoms with E-state index in [1.54, 1.807) is 23.9 Å². The molecule has 3 aromatic heterocycles.